The second kappa shape index (κ2) is 7.17. The van der Waals surface area contributed by atoms with Crippen LogP contribution in [0.1, 0.15) is 15.9 Å². The van der Waals surface area contributed by atoms with Crippen LogP contribution in [0.25, 0.3) is 0 Å². The Labute approximate surface area is 152 Å². The number of nitro groups is 1. The smallest absolute Gasteiger partial charge is 0.312 e. The number of amides is 1. The van der Waals surface area contributed by atoms with Crippen LogP contribution < -0.4 is 5.32 Å². The molecule has 6 nitrogen and oxygen atoms in total. The number of rotatable bonds is 4. The van der Waals surface area contributed by atoms with Gasteiger partial charge in [-0.25, -0.2) is 0 Å². The van der Waals surface area contributed by atoms with Gasteiger partial charge in [-0.05, 0) is 28.7 Å². The summed E-state index contributed by atoms with van der Waals surface area (Å²) in [5.41, 5.74) is -1.23. The summed E-state index contributed by atoms with van der Waals surface area (Å²) in [5.74, 6) is -2.87. The number of carbonyl (C=O) groups is 2. The van der Waals surface area contributed by atoms with E-state index in [0.29, 0.717) is 0 Å². The van der Waals surface area contributed by atoms with E-state index in [4.69, 9.17) is 0 Å². The first-order valence-corrected chi connectivity index (χ1v) is 7.65. The number of hydrogen-bond donors (Lipinski definition) is 1. The minimum Gasteiger partial charge on any atom is -0.312 e. The lowest BCUT2D eigenvalue weighted by atomic mass is 10.0. The van der Waals surface area contributed by atoms with Crippen molar-refractivity contribution in [1.29, 1.82) is 0 Å². The molecule has 0 bridgehead atoms. The van der Waals surface area contributed by atoms with Gasteiger partial charge in [-0.3, -0.25) is 19.7 Å². The molecule has 0 heterocycles. The SMILES string of the molecule is O=C(c1ccccc1)c1cc(I)c(NC(=O)C(F)(F)F)c([N+](=O)[O-])c1. The zero-order valence-electron chi connectivity index (χ0n) is 12.1. The molecular formula is C15H8F3IN2O4. The van der Waals surface area contributed by atoms with Crippen LogP contribution in [-0.2, 0) is 4.79 Å². The monoisotopic (exact) mass is 464 g/mol. The molecule has 0 fully saturated rings. The second-order valence-corrected chi connectivity index (χ2v) is 5.92. The molecule has 0 aliphatic carbocycles. The summed E-state index contributed by atoms with van der Waals surface area (Å²) >= 11 is 1.52. The van der Waals surface area contributed by atoms with Gasteiger partial charge in [-0.1, -0.05) is 30.3 Å². The fraction of sp³-hybridized carbons (Fsp3) is 0.0667. The van der Waals surface area contributed by atoms with Crippen molar-refractivity contribution in [2.45, 2.75) is 6.18 Å². The van der Waals surface area contributed by atoms with Gasteiger partial charge in [-0.2, -0.15) is 13.2 Å². The lowest BCUT2D eigenvalue weighted by molar-refractivity contribution is -0.384. The molecule has 0 spiro atoms. The molecule has 0 aliphatic heterocycles. The van der Waals surface area contributed by atoms with E-state index in [9.17, 15) is 32.9 Å². The molecule has 0 aromatic heterocycles. The van der Waals surface area contributed by atoms with Gasteiger partial charge in [0.05, 0.1) is 4.92 Å². The average molecular weight is 464 g/mol. The quantitative estimate of drug-likeness (QED) is 0.322. The van der Waals surface area contributed by atoms with E-state index in [0.717, 1.165) is 6.07 Å². The van der Waals surface area contributed by atoms with Gasteiger partial charge in [0, 0.05) is 20.8 Å². The van der Waals surface area contributed by atoms with E-state index >= 15 is 0 Å². The first-order chi connectivity index (χ1) is 11.6. The van der Waals surface area contributed by atoms with Crippen molar-refractivity contribution in [3.05, 3.63) is 67.3 Å². The molecule has 130 valence electrons. The Hall–Kier alpha value is -2.50. The van der Waals surface area contributed by atoms with Crippen LogP contribution in [0.2, 0.25) is 0 Å². The molecule has 2 aromatic rings. The highest BCUT2D eigenvalue weighted by Gasteiger charge is 2.40. The van der Waals surface area contributed by atoms with Crippen LogP contribution in [0.3, 0.4) is 0 Å². The number of hydrogen-bond acceptors (Lipinski definition) is 4. The fourth-order valence-corrected chi connectivity index (χ4v) is 2.68. The average Bonchev–Trinajstić information content (AvgIpc) is 2.55. The van der Waals surface area contributed by atoms with Crippen LogP contribution in [0.15, 0.2) is 42.5 Å². The number of benzene rings is 2. The second-order valence-electron chi connectivity index (χ2n) is 4.76. The normalized spacial score (nSPS) is 11.0. The van der Waals surface area contributed by atoms with Gasteiger partial charge in [0.1, 0.15) is 5.69 Å². The summed E-state index contributed by atoms with van der Waals surface area (Å²) in [5, 5.41) is 12.7. The minimum absolute atomic E-state index is 0.0660. The molecule has 25 heavy (non-hydrogen) atoms. The highest BCUT2D eigenvalue weighted by atomic mass is 127. The van der Waals surface area contributed by atoms with Gasteiger partial charge >= 0.3 is 12.1 Å². The summed E-state index contributed by atoms with van der Waals surface area (Å²) in [6.45, 7) is 0. The molecule has 0 unspecified atom stereocenters. The predicted molar refractivity (Wildman–Crippen MR) is 90.4 cm³/mol. The molecule has 1 N–H and O–H groups in total. The van der Waals surface area contributed by atoms with Gasteiger partial charge in [0.25, 0.3) is 5.69 Å². The zero-order valence-corrected chi connectivity index (χ0v) is 14.3. The number of alkyl halides is 3. The topological polar surface area (TPSA) is 89.3 Å². The van der Waals surface area contributed by atoms with Crippen molar-refractivity contribution >= 4 is 45.7 Å². The van der Waals surface area contributed by atoms with Crippen molar-refractivity contribution in [1.82, 2.24) is 0 Å². The molecule has 0 aliphatic rings. The third kappa shape index (κ3) is 4.32. The van der Waals surface area contributed by atoms with Crippen LogP contribution in [0.4, 0.5) is 24.5 Å². The Kier molecular flexibility index (Phi) is 5.40. The summed E-state index contributed by atoms with van der Waals surface area (Å²) in [4.78, 5) is 33.7. The number of nitrogens with one attached hydrogen (secondary N) is 1. The third-order valence-corrected chi connectivity index (χ3v) is 3.91. The van der Waals surface area contributed by atoms with Gasteiger partial charge in [0.15, 0.2) is 5.78 Å². The van der Waals surface area contributed by atoms with Crippen LogP contribution in [0.5, 0.6) is 0 Å². The Morgan fingerprint density at radius 1 is 1.08 bits per heavy atom. The van der Waals surface area contributed by atoms with Crippen molar-refractivity contribution in [3.8, 4) is 0 Å². The summed E-state index contributed by atoms with van der Waals surface area (Å²) in [6.07, 6.45) is -5.20. The summed E-state index contributed by atoms with van der Waals surface area (Å²) < 4.78 is 37.1. The van der Waals surface area contributed by atoms with Crippen molar-refractivity contribution in [3.63, 3.8) is 0 Å². The van der Waals surface area contributed by atoms with Crippen LogP contribution in [-0.4, -0.2) is 22.8 Å². The molecule has 2 aromatic carbocycles. The van der Waals surface area contributed by atoms with Gasteiger partial charge < -0.3 is 5.32 Å². The maximum atomic E-state index is 12.4. The van der Waals surface area contributed by atoms with Crippen molar-refractivity contribution < 1.29 is 27.7 Å². The van der Waals surface area contributed by atoms with E-state index in [1.807, 2.05) is 0 Å². The Morgan fingerprint density at radius 3 is 2.20 bits per heavy atom. The third-order valence-electron chi connectivity index (χ3n) is 3.06. The molecule has 1 amide bonds. The van der Waals surface area contributed by atoms with Crippen molar-refractivity contribution in [2.75, 3.05) is 5.32 Å². The number of anilines is 1. The lowest BCUT2D eigenvalue weighted by Crippen LogP contribution is -2.30. The summed E-state index contributed by atoms with van der Waals surface area (Å²) in [7, 11) is 0. The molecule has 0 atom stereocenters. The molecule has 0 saturated heterocycles. The molecule has 0 radical (unpaired) electrons. The molecule has 2 rings (SSSR count). The zero-order chi connectivity index (χ0) is 18.8. The number of nitrogens with zero attached hydrogens (tertiary/aromatic N) is 1. The lowest BCUT2D eigenvalue weighted by Gasteiger charge is -2.11. The van der Waals surface area contributed by atoms with Gasteiger partial charge in [-0.15, -0.1) is 0 Å². The number of halogens is 4. The highest BCUT2D eigenvalue weighted by molar-refractivity contribution is 14.1. The van der Waals surface area contributed by atoms with Gasteiger partial charge in [0.2, 0.25) is 0 Å². The van der Waals surface area contributed by atoms with E-state index in [-0.39, 0.29) is 14.7 Å². The van der Waals surface area contributed by atoms with Crippen LogP contribution in [0, 0.1) is 13.7 Å². The Morgan fingerprint density at radius 2 is 1.68 bits per heavy atom. The minimum atomic E-state index is -5.20. The van der Waals surface area contributed by atoms with E-state index in [1.54, 1.807) is 18.2 Å². The predicted octanol–water partition coefficient (Wildman–Crippen LogP) is 3.93. The fourth-order valence-electron chi connectivity index (χ4n) is 1.93. The molecule has 10 heteroatoms. The number of nitro benzene ring substituents is 1. The Bertz CT molecular complexity index is 854. The summed E-state index contributed by atoms with van der Waals surface area (Å²) in [6, 6.07) is 9.90. The Balaban J connectivity index is 2.49. The number of carbonyl (C=O) groups excluding carboxylic acids is 2. The first kappa shape index (κ1) is 18.8. The van der Waals surface area contributed by atoms with E-state index < -0.39 is 34.2 Å². The largest absolute Gasteiger partial charge is 0.471 e. The standard InChI is InChI=1S/C15H8F3IN2O4/c16-15(17,18)14(23)20-12-10(19)6-9(7-11(12)21(24)25)13(22)8-4-2-1-3-5-8/h1-7H,(H,20,23). The molecular weight excluding hydrogens is 456 g/mol. The van der Waals surface area contributed by atoms with E-state index in [1.165, 1.54) is 46.1 Å². The van der Waals surface area contributed by atoms with Crippen LogP contribution >= 0.6 is 22.6 Å². The maximum absolute atomic E-state index is 12.4. The number of ketones is 1. The first-order valence-electron chi connectivity index (χ1n) is 6.57. The van der Waals surface area contributed by atoms with E-state index in [2.05, 4.69) is 0 Å². The molecule has 0 saturated carbocycles. The maximum Gasteiger partial charge on any atom is 0.471 e. The van der Waals surface area contributed by atoms with Crippen molar-refractivity contribution in [2.24, 2.45) is 0 Å². The highest BCUT2D eigenvalue weighted by Crippen LogP contribution is 2.33.